The largest absolute Gasteiger partial charge is 0.480 e. The minimum atomic E-state index is -1.16. The molecule has 0 aliphatic heterocycles. The van der Waals surface area contributed by atoms with Crippen LogP contribution in [0.25, 0.3) is 0 Å². The van der Waals surface area contributed by atoms with Crippen LogP contribution in [0.1, 0.15) is 18.9 Å². The van der Waals surface area contributed by atoms with Crippen molar-refractivity contribution in [3.8, 4) is 6.07 Å². The molecular formula is C15H18N2O4. The van der Waals surface area contributed by atoms with Crippen molar-refractivity contribution >= 4 is 11.9 Å². The van der Waals surface area contributed by atoms with E-state index in [9.17, 15) is 9.59 Å². The summed E-state index contributed by atoms with van der Waals surface area (Å²) < 4.78 is 5.22. The lowest BCUT2D eigenvalue weighted by molar-refractivity contribution is -0.143. The Labute approximate surface area is 123 Å². The summed E-state index contributed by atoms with van der Waals surface area (Å²) in [6, 6.07) is 10.2. The predicted octanol–water partition coefficient (Wildman–Crippen LogP) is 1.32. The van der Waals surface area contributed by atoms with Gasteiger partial charge in [-0.05, 0) is 18.9 Å². The maximum Gasteiger partial charge on any atom is 0.326 e. The van der Waals surface area contributed by atoms with Gasteiger partial charge in [0.05, 0.1) is 12.7 Å². The molecule has 6 heteroatoms. The van der Waals surface area contributed by atoms with Crippen LogP contribution >= 0.6 is 0 Å². The predicted molar refractivity (Wildman–Crippen MR) is 75.1 cm³/mol. The molecule has 0 bridgehead atoms. The number of nitrogens with zero attached hydrogens (tertiary/aromatic N) is 1. The molecule has 0 heterocycles. The Hall–Kier alpha value is -2.39. The number of ether oxygens (including phenoxy) is 1. The van der Waals surface area contributed by atoms with Crippen LogP contribution in [-0.2, 0) is 20.9 Å². The number of carboxylic acids is 1. The lowest BCUT2D eigenvalue weighted by atomic mass is 10.0. The van der Waals surface area contributed by atoms with Gasteiger partial charge in [-0.15, -0.1) is 0 Å². The molecular weight excluding hydrogens is 272 g/mol. The molecule has 112 valence electrons. The van der Waals surface area contributed by atoms with E-state index in [1.54, 1.807) is 6.92 Å². The molecule has 2 N–H and O–H groups in total. The number of carboxylic acid groups (broad SMARTS) is 1. The summed E-state index contributed by atoms with van der Waals surface area (Å²) in [7, 11) is 0. The second-order valence-electron chi connectivity index (χ2n) is 4.70. The summed E-state index contributed by atoms with van der Waals surface area (Å²) in [5.41, 5.74) is 0.929. The standard InChI is InChI=1S/C15H18N2O4/c1-11(8-16)7-13(15(19)20)17-14(18)10-21-9-12-5-3-2-4-6-12/h2-6,11,13H,7,9-10H2,1H3,(H,17,18)(H,19,20)/t11-,13+/m1/s1. The normalized spacial score (nSPS) is 13.0. The van der Waals surface area contributed by atoms with Gasteiger partial charge in [0.2, 0.25) is 5.91 Å². The number of nitrogens with one attached hydrogen (secondary N) is 1. The highest BCUT2D eigenvalue weighted by Crippen LogP contribution is 2.05. The first-order valence-electron chi connectivity index (χ1n) is 6.56. The first kappa shape index (κ1) is 16.7. The van der Waals surface area contributed by atoms with Gasteiger partial charge in [0, 0.05) is 5.92 Å². The summed E-state index contributed by atoms with van der Waals surface area (Å²) in [6.07, 6.45) is 0.0657. The van der Waals surface area contributed by atoms with Crippen LogP contribution in [0.4, 0.5) is 0 Å². The number of carbonyl (C=O) groups is 2. The third-order valence-electron chi connectivity index (χ3n) is 2.79. The van der Waals surface area contributed by atoms with Crippen molar-refractivity contribution < 1.29 is 19.4 Å². The minimum Gasteiger partial charge on any atom is -0.480 e. The number of hydrogen-bond acceptors (Lipinski definition) is 4. The maximum atomic E-state index is 11.6. The minimum absolute atomic E-state index is 0.0657. The Morgan fingerprint density at radius 1 is 1.38 bits per heavy atom. The molecule has 0 aliphatic rings. The quantitative estimate of drug-likeness (QED) is 0.752. The summed E-state index contributed by atoms with van der Waals surface area (Å²) >= 11 is 0. The molecule has 0 aromatic heterocycles. The molecule has 0 radical (unpaired) electrons. The van der Waals surface area contributed by atoms with Crippen molar-refractivity contribution in [3.05, 3.63) is 35.9 Å². The van der Waals surface area contributed by atoms with Gasteiger partial charge in [0.25, 0.3) is 0 Å². The van der Waals surface area contributed by atoms with Crippen molar-refractivity contribution in [2.45, 2.75) is 26.0 Å². The average molecular weight is 290 g/mol. The van der Waals surface area contributed by atoms with Gasteiger partial charge in [-0.1, -0.05) is 30.3 Å². The highest BCUT2D eigenvalue weighted by molar-refractivity contribution is 5.84. The molecule has 1 aromatic rings. The summed E-state index contributed by atoms with van der Waals surface area (Å²) in [5.74, 6) is -2.12. The Balaban J connectivity index is 2.37. The second kappa shape index (κ2) is 8.72. The van der Waals surface area contributed by atoms with E-state index in [1.165, 1.54) is 0 Å². The van der Waals surface area contributed by atoms with E-state index in [0.29, 0.717) is 0 Å². The van der Waals surface area contributed by atoms with E-state index in [1.807, 2.05) is 36.4 Å². The fourth-order valence-electron chi connectivity index (χ4n) is 1.70. The summed E-state index contributed by atoms with van der Waals surface area (Å²) in [4.78, 5) is 22.7. The van der Waals surface area contributed by atoms with Crippen LogP contribution in [0.3, 0.4) is 0 Å². The number of benzene rings is 1. The molecule has 1 amide bonds. The van der Waals surface area contributed by atoms with E-state index < -0.39 is 23.8 Å². The molecule has 0 saturated carbocycles. The zero-order valence-electron chi connectivity index (χ0n) is 11.8. The molecule has 0 spiro atoms. The smallest absolute Gasteiger partial charge is 0.326 e. The van der Waals surface area contributed by atoms with E-state index in [4.69, 9.17) is 15.1 Å². The highest BCUT2D eigenvalue weighted by Gasteiger charge is 2.22. The molecule has 0 fully saturated rings. The van der Waals surface area contributed by atoms with Crippen LogP contribution in [0, 0.1) is 17.2 Å². The van der Waals surface area contributed by atoms with Gasteiger partial charge in [0.1, 0.15) is 12.6 Å². The first-order valence-corrected chi connectivity index (χ1v) is 6.56. The Kier molecular flexibility index (Phi) is 6.92. The van der Waals surface area contributed by atoms with Gasteiger partial charge >= 0.3 is 5.97 Å². The zero-order valence-corrected chi connectivity index (χ0v) is 11.8. The number of nitriles is 1. The molecule has 0 saturated heterocycles. The number of hydrogen-bond donors (Lipinski definition) is 2. The number of rotatable bonds is 8. The van der Waals surface area contributed by atoms with Crippen molar-refractivity contribution in [2.75, 3.05) is 6.61 Å². The topological polar surface area (TPSA) is 99.4 Å². The van der Waals surface area contributed by atoms with Crippen LogP contribution in [0.2, 0.25) is 0 Å². The molecule has 2 atom stereocenters. The molecule has 21 heavy (non-hydrogen) atoms. The van der Waals surface area contributed by atoms with Gasteiger partial charge in [-0.25, -0.2) is 4.79 Å². The molecule has 1 rings (SSSR count). The van der Waals surface area contributed by atoms with Crippen molar-refractivity contribution in [1.29, 1.82) is 5.26 Å². The van der Waals surface area contributed by atoms with Crippen molar-refractivity contribution in [1.82, 2.24) is 5.32 Å². The molecule has 0 unspecified atom stereocenters. The Bertz CT molecular complexity index is 510. The fourth-order valence-corrected chi connectivity index (χ4v) is 1.70. The molecule has 0 aliphatic carbocycles. The monoisotopic (exact) mass is 290 g/mol. The van der Waals surface area contributed by atoms with Gasteiger partial charge in [-0.2, -0.15) is 5.26 Å². The van der Waals surface area contributed by atoms with E-state index in [2.05, 4.69) is 5.32 Å². The maximum absolute atomic E-state index is 11.6. The number of aliphatic carboxylic acids is 1. The van der Waals surface area contributed by atoms with Crippen LogP contribution in [0.5, 0.6) is 0 Å². The Morgan fingerprint density at radius 2 is 2.05 bits per heavy atom. The molecule has 6 nitrogen and oxygen atoms in total. The van der Waals surface area contributed by atoms with E-state index >= 15 is 0 Å². The van der Waals surface area contributed by atoms with E-state index in [0.717, 1.165) is 5.56 Å². The zero-order chi connectivity index (χ0) is 15.7. The lowest BCUT2D eigenvalue weighted by Crippen LogP contribution is -2.43. The third kappa shape index (κ3) is 6.54. The summed E-state index contributed by atoms with van der Waals surface area (Å²) in [6.45, 7) is 1.66. The lowest BCUT2D eigenvalue weighted by Gasteiger charge is -2.15. The van der Waals surface area contributed by atoms with Crippen LogP contribution in [0.15, 0.2) is 30.3 Å². The number of carbonyl (C=O) groups excluding carboxylic acids is 1. The molecule has 1 aromatic carbocycles. The SMILES string of the molecule is C[C@@H](C#N)C[C@H](NC(=O)COCc1ccccc1)C(=O)O. The number of amides is 1. The Morgan fingerprint density at radius 3 is 2.62 bits per heavy atom. The summed E-state index contributed by atoms with van der Waals surface area (Å²) in [5, 5.41) is 20.0. The third-order valence-corrected chi connectivity index (χ3v) is 2.79. The van der Waals surface area contributed by atoms with Gasteiger partial charge in [-0.3, -0.25) is 4.79 Å². The van der Waals surface area contributed by atoms with Crippen LogP contribution in [-0.4, -0.2) is 29.6 Å². The fraction of sp³-hybridized carbons (Fsp3) is 0.400. The van der Waals surface area contributed by atoms with E-state index in [-0.39, 0.29) is 19.6 Å². The highest BCUT2D eigenvalue weighted by atomic mass is 16.5. The van der Waals surface area contributed by atoms with Crippen molar-refractivity contribution in [2.24, 2.45) is 5.92 Å². The second-order valence-corrected chi connectivity index (χ2v) is 4.70. The van der Waals surface area contributed by atoms with Crippen LogP contribution < -0.4 is 5.32 Å². The van der Waals surface area contributed by atoms with Gasteiger partial charge in [0.15, 0.2) is 0 Å². The van der Waals surface area contributed by atoms with Gasteiger partial charge < -0.3 is 15.2 Å². The van der Waals surface area contributed by atoms with Crippen molar-refractivity contribution in [3.63, 3.8) is 0 Å². The first-order chi connectivity index (χ1) is 10.0. The average Bonchev–Trinajstić information content (AvgIpc) is 2.47.